The van der Waals surface area contributed by atoms with Gasteiger partial charge in [0.1, 0.15) is 5.82 Å². The maximum Gasteiger partial charge on any atom is 0.433 e. The Morgan fingerprint density at radius 2 is 2.09 bits per heavy atom. The normalized spacial score (nSPS) is 11.5. The van der Waals surface area contributed by atoms with Crippen molar-refractivity contribution >= 4 is 5.82 Å². The highest BCUT2D eigenvalue weighted by Crippen LogP contribution is 2.30. The second-order valence-electron chi connectivity index (χ2n) is 4.33. The number of hydrogen-bond donors (Lipinski definition) is 1. The Morgan fingerprint density at radius 3 is 2.73 bits per heavy atom. The zero-order valence-corrected chi connectivity index (χ0v) is 11.9. The largest absolute Gasteiger partial charge is 0.433 e. The molecule has 0 aliphatic heterocycles. The highest BCUT2D eigenvalue weighted by Gasteiger charge is 2.33. The van der Waals surface area contributed by atoms with E-state index in [-0.39, 0.29) is 11.6 Å². The fourth-order valence-electron chi connectivity index (χ4n) is 1.70. The topological polar surface area (TPSA) is 59.9 Å². The molecule has 0 aliphatic carbocycles. The molecule has 0 bridgehead atoms. The van der Waals surface area contributed by atoms with Gasteiger partial charge in [-0.2, -0.15) is 13.2 Å². The number of anilines is 1. The lowest BCUT2D eigenvalue weighted by molar-refractivity contribution is -0.141. The molecule has 0 spiro atoms. The zero-order valence-electron chi connectivity index (χ0n) is 11.9. The summed E-state index contributed by atoms with van der Waals surface area (Å²) in [5.74, 6) is 0.0720. The first-order valence-corrected chi connectivity index (χ1v) is 6.69. The summed E-state index contributed by atoms with van der Waals surface area (Å²) in [7, 11) is 0. The average molecular weight is 312 g/mol. The Bertz CT molecular complexity index is 605. The van der Waals surface area contributed by atoms with Crippen molar-refractivity contribution in [1.82, 2.24) is 15.0 Å². The van der Waals surface area contributed by atoms with Crippen LogP contribution in [-0.2, 0) is 10.9 Å². The molecule has 0 atom stereocenters. The Hall–Kier alpha value is -2.22. The smallest absolute Gasteiger partial charge is 0.380 e. The Labute approximate surface area is 125 Å². The maximum atomic E-state index is 12.9. The van der Waals surface area contributed by atoms with Gasteiger partial charge in [-0.15, -0.1) is 0 Å². The van der Waals surface area contributed by atoms with Crippen LogP contribution in [0.15, 0.2) is 30.6 Å². The number of nitrogens with one attached hydrogen (secondary N) is 1. The van der Waals surface area contributed by atoms with Crippen LogP contribution in [0.3, 0.4) is 0 Å². The minimum absolute atomic E-state index is 0.0261. The van der Waals surface area contributed by atoms with E-state index in [1.807, 2.05) is 6.92 Å². The maximum absolute atomic E-state index is 12.9. The molecule has 8 heteroatoms. The van der Waals surface area contributed by atoms with Crippen LogP contribution >= 0.6 is 0 Å². The summed E-state index contributed by atoms with van der Waals surface area (Å²) in [4.78, 5) is 11.5. The lowest BCUT2D eigenvalue weighted by Crippen LogP contribution is -2.14. The Balaban J connectivity index is 2.29. The standard InChI is InChI=1S/C14H15F3N4O/c1-2-22-7-6-19-12-8-11(14(15,16)17)20-13(21-12)10-4-3-5-18-9-10/h3-5,8-9H,2,6-7H2,1H3,(H,19,20,21). The molecule has 0 saturated heterocycles. The molecule has 2 rings (SSSR count). The van der Waals surface area contributed by atoms with Gasteiger partial charge in [-0.25, -0.2) is 9.97 Å². The van der Waals surface area contributed by atoms with E-state index in [0.717, 1.165) is 6.07 Å². The zero-order chi connectivity index (χ0) is 16.0. The van der Waals surface area contributed by atoms with Crippen molar-refractivity contribution < 1.29 is 17.9 Å². The van der Waals surface area contributed by atoms with Crippen molar-refractivity contribution in [3.8, 4) is 11.4 Å². The predicted octanol–water partition coefficient (Wildman–Crippen LogP) is 3.01. The summed E-state index contributed by atoms with van der Waals surface area (Å²) in [6, 6.07) is 4.10. The number of hydrogen-bond acceptors (Lipinski definition) is 5. The predicted molar refractivity (Wildman–Crippen MR) is 75.2 cm³/mol. The van der Waals surface area contributed by atoms with Crippen LogP contribution in [0.2, 0.25) is 0 Å². The van der Waals surface area contributed by atoms with Gasteiger partial charge < -0.3 is 10.1 Å². The number of halogens is 3. The van der Waals surface area contributed by atoms with Crippen molar-refractivity contribution in [3.05, 3.63) is 36.3 Å². The van der Waals surface area contributed by atoms with E-state index in [0.29, 0.717) is 25.3 Å². The van der Waals surface area contributed by atoms with Gasteiger partial charge in [-0.05, 0) is 19.1 Å². The molecule has 0 aliphatic rings. The molecule has 0 saturated carbocycles. The third-order valence-electron chi connectivity index (χ3n) is 2.69. The minimum Gasteiger partial charge on any atom is -0.380 e. The van der Waals surface area contributed by atoms with Gasteiger partial charge in [0.05, 0.1) is 6.61 Å². The van der Waals surface area contributed by atoms with Gasteiger partial charge >= 0.3 is 6.18 Å². The number of pyridine rings is 1. The first kappa shape index (κ1) is 16.2. The van der Waals surface area contributed by atoms with Crippen LogP contribution in [-0.4, -0.2) is 34.7 Å². The molecule has 0 unspecified atom stereocenters. The first-order valence-electron chi connectivity index (χ1n) is 6.69. The Morgan fingerprint density at radius 1 is 1.27 bits per heavy atom. The third kappa shape index (κ3) is 4.39. The lowest BCUT2D eigenvalue weighted by atomic mass is 10.2. The fourth-order valence-corrected chi connectivity index (χ4v) is 1.70. The molecular formula is C14H15F3N4O. The molecule has 2 heterocycles. The summed E-state index contributed by atoms with van der Waals surface area (Å²) >= 11 is 0. The van der Waals surface area contributed by atoms with E-state index in [1.54, 1.807) is 12.1 Å². The molecule has 0 fully saturated rings. The second-order valence-corrected chi connectivity index (χ2v) is 4.33. The second kappa shape index (κ2) is 7.17. The monoisotopic (exact) mass is 312 g/mol. The molecule has 1 N–H and O–H groups in total. The Kier molecular flexibility index (Phi) is 5.26. The van der Waals surface area contributed by atoms with Crippen molar-refractivity contribution in [2.45, 2.75) is 13.1 Å². The summed E-state index contributed by atoms with van der Waals surface area (Å²) in [5, 5.41) is 2.81. The SMILES string of the molecule is CCOCCNc1cc(C(F)(F)F)nc(-c2cccnc2)n1. The van der Waals surface area contributed by atoms with Gasteiger partial charge in [0.2, 0.25) is 0 Å². The lowest BCUT2D eigenvalue weighted by Gasteiger charge is -2.12. The molecule has 0 aromatic carbocycles. The number of nitrogens with zero attached hydrogens (tertiary/aromatic N) is 3. The van der Waals surface area contributed by atoms with Crippen molar-refractivity contribution in [1.29, 1.82) is 0 Å². The minimum atomic E-state index is -4.55. The number of ether oxygens (including phenoxy) is 1. The van der Waals surface area contributed by atoms with Crippen LogP contribution in [0.5, 0.6) is 0 Å². The summed E-state index contributed by atoms with van der Waals surface area (Å²) in [6.07, 6.45) is -1.60. The van der Waals surface area contributed by atoms with E-state index in [1.165, 1.54) is 12.4 Å². The fraction of sp³-hybridized carbons (Fsp3) is 0.357. The van der Waals surface area contributed by atoms with Gasteiger partial charge in [-0.3, -0.25) is 4.98 Å². The third-order valence-corrected chi connectivity index (χ3v) is 2.69. The molecular weight excluding hydrogens is 297 g/mol. The van der Waals surface area contributed by atoms with Gasteiger partial charge in [0, 0.05) is 37.2 Å². The van der Waals surface area contributed by atoms with E-state index in [4.69, 9.17) is 4.74 Å². The van der Waals surface area contributed by atoms with Crippen LogP contribution in [0.4, 0.5) is 19.0 Å². The molecule has 0 amide bonds. The van der Waals surface area contributed by atoms with Gasteiger partial charge in [-0.1, -0.05) is 0 Å². The van der Waals surface area contributed by atoms with Gasteiger partial charge in [0.15, 0.2) is 11.5 Å². The summed E-state index contributed by atoms with van der Waals surface area (Å²) in [5.41, 5.74) is -0.582. The summed E-state index contributed by atoms with van der Waals surface area (Å²) < 4.78 is 44.0. The number of aromatic nitrogens is 3. The van der Waals surface area contributed by atoms with Crippen molar-refractivity contribution in [2.24, 2.45) is 0 Å². The summed E-state index contributed by atoms with van der Waals surface area (Å²) in [6.45, 7) is 3.12. The van der Waals surface area contributed by atoms with E-state index in [9.17, 15) is 13.2 Å². The van der Waals surface area contributed by atoms with Crippen LogP contribution in [0, 0.1) is 0 Å². The molecule has 2 aromatic rings. The van der Waals surface area contributed by atoms with Gasteiger partial charge in [0.25, 0.3) is 0 Å². The molecule has 22 heavy (non-hydrogen) atoms. The number of rotatable bonds is 6. The highest BCUT2D eigenvalue weighted by molar-refractivity contribution is 5.56. The molecule has 2 aromatic heterocycles. The first-order chi connectivity index (χ1) is 10.5. The molecule has 118 valence electrons. The van der Waals surface area contributed by atoms with E-state index < -0.39 is 11.9 Å². The van der Waals surface area contributed by atoms with E-state index in [2.05, 4.69) is 20.3 Å². The van der Waals surface area contributed by atoms with Crippen LogP contribution < -0.4 is 5.32 Å². The molecule has 0 radical (unpaired) electrons. The average Bonchev–Trinajstić information content (AvgIpc) is 2.51. The van der Waals surface area contributed by atoms with Crippen LogP contribution in [0.1, 0.15) is 12.6 Å². The highest BCUT2D eigenvalue weighted by atomic mass is 19.4. The molecule has 5 nitrogen and oxygen atoms in total. The number of alkyl halides is 3. The van der Waals surface area contributed by atoms with Crippen LogP contribution in [0.25, 0.3) is 11.4 Å². The van der Waals surface area contributed by atoms with Crippen molar-refractivity contribution in [3.63, 3.8) is 0 Å². The van der Waals surface area contributed by atoms with Crippen molar-refractivity contribution in [2.75, 3.05) is 25.1 Å². The van der Waals surface area contributed by atoms with E-state index >= 15 is 0 Å². The quantitative estimate of drug-likeness (QED) is 0.831.